The van der Waals surface area contributed by atoms with Gasteiger partial charge in [-0.3, -0.25) is 0 Å². The lowest BCUT2D eigenvalue weighted by Gasteiger charge is -2.12. The Labute approximate surface area is 151 Å². The summed E-state index contributed by atoms with van der Waals surface area (Å²) in [4.78, 5) is 15.9. The molecule has 0 bridgehead atoms. The molecule has 0 aliphatic carbocycles. The van der Waals surface area contributed by atoms with Crippen LogP contribution in [0.15, 0.2) is 54.6 Å². The van der Waals surface area contributed by atoms with E-state index in [4.69, 9.17) is 0 Å². The number of carboxylic acid groups (broad SMARTS) is 1. The number of fused-ring (bicyclic) bond motifs is 3. The van der Waals surface area contributed by atoms with Crippen molar-refractivity contribution in [2.75, 3.05) is 0 Å². The van der Waals surface area contributed by atoms with Crippen molar-refractivity contribution in [1.82, 2.24) is 9.55 Å². The number of pyridine rings is 1. The highest BCUT2D eigenvalue weighted by Crippen LogP contribution is 2.32. The molecule has 4 aromatic rings. The molecule has 4 heteroatoms. The highest BCUT2D eigenvalue weighted by molar-refractivity contribution is 6.10. The standard InChI is InChI=1S/C22H20N2O2/c1-3-18-21-17(12-19(23-18)22(25)26)16-10-6-7-11-20(16)24(21)13-15-9-5-4-8-14(15)2/h4-12H,3,13H2,1-2H3,(H,25,26). The molecule has 1 N–H and O–H groups in total. The van der Waals surface area contributed by atoms with Gasteiger partial charge in [0.05, 0.1) is 11.2 Å². The molecule has 2 aromatic heterocycles. The van der Waals surface area contributed by atoms with E-state index in [1.807, 2.05) is 25.1 Å². The summed E-state index contributed by atoms with van der Waals surface area (Å²) < 4.78 is 2.27. The summed E-state index contributed by atoms with van der Waals surface area (Å²) in [7, 11) is 0. The fraction of sp³-hybridized carbons (Fsp3) is 0.182. The Bertz CT molecular complexity index is 1140. The zero-order valence-electron chi connectivity index (χ0n) is 14.9. The average molecular weight is 344 g/mol. The summed E-state index contributed by atoms with van der Waals surface area (Å²) >= 11 is 0. The molecule has 0 atom stereocenters. The van der Waals surface area contributed by atoms with Crippen molar-refractivity contribution in [3.8, 4) is 0 Å². The number of aromatic nitrogens is 2. The van der Waals surface area contributed by atoms with E-state index >= 15 is 0 Å². The lowest BCUT2D eigenvalue weighted by atomic mass is 10.1. The number of hydrogen-bond acceptors (Lipinski definition) is 2. The monoisotopic (exact) mass is 344 g/mol. The third kappa shape index (κ3) is 2.54. The van der Waals surface area contributed by atoms with Crippen molar-refractivity contribution in [1.29, 1.82) is 0 Å². The molecule has 0 spiro atoms. The zero-order valence-corrected chi connectivity index (χ0v) is 14.9. The number of benzene rings is 2. The largest absolute Gasteiger partial charge is 0.477 e. The Kier molecular flexibility index (Phi) is 3.96. The number of carboxylic acids is 1. The number of aromatic carboxylic acids is 1. The molecule has 4 rings (SSSR count). The van der Waals surface area contributed by atoms with Crippen LogP contribution in [0.2, 0.25) is 0 Å². The average Bonchev–Trinajstić information content (AvgIpc) is 2.97. The van der Waals surface area contributed by atoms with Crippen LogP contribution in [0.4, 0.5) is 0 Å². The first-order valence-electron chi connectivity index (χ1n) is 8.78. The van der Waals surface area contributed by atoms with E-state index in [0.29, 0.717) is 6.42 Å². The van der Waals surface area contributed by atoms with Crippen molar-refractivity contribution in [2.24, 2.45) is 0 Å². The molecule has 26 heavy (non-hydrogen) atoms. The molecule has 2 heterocycles. The van der Waals surface area contributed by atoms with Crippen molar-refractivity contribution >= 4 is 27.8 Å². The van der Waals surface area contributed by atoms with Gasteiger partial charge in [0, 0.05) is 22.8 Å². The first-order chi connectivity index (χ1) is 12.6. The topological polar surface area (TPSA) is 55.1 Å². The minimum absolute atomic E-state index is 0.105. The molecule has 0 fully saturated rings. The van der Waals surface area contributed by atoms with Crippen LogP contribution in [0, 0.1) is 6.92 Å². The molecule has 0 aliphatic heterocycles. The smallest absolute Gasteiger partial charge is 0.354 e. The van der Waals surface area contributed by atoms with Crippen molar-refractivity contribution in [3.05, 3.63) is 77.1 Å². The van der Waals surface area contributed by atoms with Crippen LogP contribution in [0.3, 0.4) is 0 Å². The summed E-state index contributed by atoms with van der Waals surface area (Å²) in [5, 5.41) is 11.5. The lowest BCUT2D eigenvalue weighted by Crippen LogP contribution is -2.07. The minimum atomic E-state index is -0.989. The highest BCUT2D eigenvalue weighted by Gasteiger charge is 2.18. The van der Waals surface area contributed by atoms with Gasteiger partial charge in [0.2, 0.25) is 0 Å². The van der Waals surface area contributed by atoms with Crippen molar-refractivity contribution < 1.29 is 9.90 Å². The van der Waals surface area contributed by atoms with Crippen LogP contribution in [0.5, 0.6) is 0 Å². The van der Waals surface area contributed by atoms with E-state index in [9.17, 15) is 9.90 Å². The maximum absolute atomic E-state index is 11.5. The molecule has 0 aliphatic rings. The van der Waals surface area contributed by atoms with Gasteiger partial charge in [-0.25, -0.2) is 9.78 Å². The molecule has 0 unspecified atom stereocenters. The molecular weight excluding hydrogens is 324 g/mol. The van der Waals surface area contributed by atoms with Crippen LogP contribution < -0.4 is 0 Å². The van der Waals surface area contributed by atoms with Gasteiger partial charge in [-0.05, 0) is 36.6 Å². The molecule has 0 amide bonds. The van der Waals surface area contributed by atoms with Gasteiger partial charge in [0.25, 0.3) is 0 Å². The number of nitrogens with zero attached hydrogens (tertiary/aromatic N) is 2. The predicted molar refractivity (Wildman–Crippen MR) is 104 cm³/mol. The third-order valence-electron chi connectivity index (χ3n) is 4.96. The number of para-hydroxylation sites is 1. The van der Waals surface area contributed by atoms with Gasteiger partial charge < -0.3 is 9.67 Å². The van der Waals surface area contributed by atoms with Gasteiger partial charge in [-0.2, -0.15) is 0 Å². The number of aryl methyl sites for hydroxylation is 2. The van der Waals surface area contributed by atoms with E-state index in [-0.39, 0.29) is 5.69 Å². The van der Waals surface area contributed by atoms with Crippen LogP contribution >= 0.6 is 0 Å². The van der Waals surface area contributed by atoms with Crippen molar-refractivity contribution in [3.63, 3.8) is 0 Å². The summed E-state index contributed by atoms with van der Waals surface area (Å²) in [6.45, 7) is 4.87. The summed E-state index contributed by atoms with van der Waals surface area (Å²) in [6.07, 6.45) is 0.682. The van der Waals surface area contributed by atoms with Crippen molar-refractivity contribution in [2.45, 2.75) is 26.8 Å². The molecule has 4 nitrogen and oxygen atoms in total. The SMILES string of the molecule is CCc1nc(C(=O)O)cc2c3ccccc3n(Cc3ccccc3C)c12. The maximum atomic E-state index is 11.5. The first-order valence-corrected chi connectivity index (χ1v) is 8.78. The highest BCUT2D eigenvalue weighted by atomic mass is 16.4. The number of hydrogen-bond donors (Lipinski definition) is 1. The van der Waals surface area contributed by atoms with Gasteiger partial charge in [0.1, 0.15) is 5.69 Å². The number of carbonyl (C=O) groups is 1. The van der Waals surface area contributed by atoms with Crippen LogP contribution in [-0.4, -0.2) is 20.6 Å². The third-order valence-corrected chi connectivity index (χ3v) is 4.96. The van der Waals surface area contributed by atoms with E-state index in [2.05, 4.69) is 46.8 Å². The fourth-order valence-electron chi connectivity index (χ4n) is 3.63. The Balaban J connectivity index is 2.07. The summed E-state index contributed by atoms with van der Waals surface area (Å²) in [5.74, 6) is -0.989. The molecule has 2 aromatic carbocycles. The second kappa shape index (κ2) is 6.30. The molecular formula is C22H20N2O2. The minimum Gasteiger partial charge on any atom is -0.477 e. The van der Waals surface area contributed by atoms with Crippen LogP contribution in [0.25, 0.3) is 21.8 Å². The Morgan fingerprint density at radius 1 is 1.08 bits per heavy atom. The quantitative estimate of drug-likeness (QED) is 0.578. The van der Waals surface area contributed by atoms with E-state index in [1.54, 1.807) is 6.07 Å². The second-order valence-corrected chi connectivity index (χ2v) is 6.54. The number of rotatable bonds is 4. The molecule has 130 valence electrons. The zero-order chi connectivity index (χ0) is 18.3. The van der Waals surface area contributed by atoms with E-state index in [0.717, 1.165) is 34.0 Å². The summed E-state index contributed by atoms with van der Waals surface area (Å²) in [6, 6.07) is 18.2. The molecule has 0 saturated heterocycles. The van der Waals surface area contributed by atoms with E-state index < -0.39 is 5.97 Å². The van der Waals surface area contributed by atoms with Gasteiger partial charge in [0.15, 0.2) is 0 Å². The van der Waals surface area contributed by atoms with Gasteiger partial charge in [-0.15, -0.1) is 0 Å². The van der Waals surface area contributed by atoms with E-state index in [1.165, 1.54) is 11.1 Å². The second-order valence-electron chi connectivity index (χ2n) is 6.54. The fourth-order valence-corrected chi connectivity index (χ4v) is 3.63. The Hall–Kier alpha value is -3.14. The van der Waals surface area contributed by atoms with Gasteiger partial charge >= 0.3 is 5.97 Å². The normalized spacial score (nSPS) is 11.3. The predicted octanol–water partition coefficient (Wildman–Crippen LogP) is 4.81. The van der Waals surface area contributed by atoms with Crippen LogP contribution in [0.1, 0.15) is 34.2 Å². The molecule has 0 radical (unpaired) electrons. The first kappa shape index (κ1) is 16.3. The Morgan fingerprint density at radius 2 is 1.81 bits per heavy atom. The maximum Gasteiger partial charge on any atom is 0.354 e. The molecule has 0 saturated carbocycles. The van der Waals surface area contributed by atoms with Gasteiger partial charge in [-0.1, -0.05) is 49.4 Å². The van der Waals surface area contributed by atoms with Crippen LogP contribution in [-0.2, 0) is 13.0 Å². The summed E-state index contributed by atoms with van der Waals surface area (Å²) in [5.41, 5.74) is 5.55. The lowest BCUT2D eigenvalue weighted by molar-refractivity contribution is 0.0690. The Morgan fingerprint density at radius 3 is 2.54 bits per heavy atom.